The molecule has 18 heteroatoms. The number of hydrogen-bond acceptors (Lipinski definition) is 15. The second-order valence-electron chi connectivity index (χ2n) is 11.9. The van der Waals surface area contributed by atoms with E-state index in [1.165, 1.54) is 0 Å². The van der Waals surface area contributed by atoms with E-state index in [1.807, 2.05) is 0 Å². The molecule has 1 aliphatic heterocycles. The summed E-state index contributed by atoms with van der Waals surface area (Å²) in [5.74, 6) is -0.874. The number of nitrogen functional groups attached to an aromatic ring is 1. The number of ether oxygens (including phenoxy) is 1. The van der Waals surface area contributed by atoms with E-state index in [4.69, 9.17) is 24.0 Å². The number of carbonyl (C=O) groups is 2. The minimum absolute atomic E-state index is 0.111. The van der Waals surface area contributed by atoms with Gasteiger partial charge in [-0.15, -0.1) is 0 Å². The van der Waals surface area contributed by atoms with Crippen LogP contribution in [0.3, 0.4) is 0 Å². The quantitative estimate of drug-likeness (QED) is 0.218. The van der Waals surface area contributed by atoms with Crippen LogP contribution in [0.25, 0.3) is 5.52 Å². The zero-order valence-corrected chi connectivity index (χ0v) is 27.7. The van der Waals surface area contributed by atoms with E-state index in [-0.39, 0.29) is 52.0 Å². The number of nitriles is 1. The molecule has 0 saturated carbocycles. The summed E-state index contributed by atoms with van der Waals surface area (Å²) < 4.78 is 51.3. The molecule has 1 saturated heterocycles. The van der Waals surface area contributed by atoms with Crippen molar-refractivity contribution >= 4 is 52.9 Å². The number of fused-ring (bicyclic) bond motifs is 1. The minimum Gasteiger partial charge on any atom is -0.387 e. The summed E-state index contributed by atoms with van der Waals surface area (Å²) in [5.41, 5.74) is 1.67. The van der Waals surface area contributed by atoms with Crippen molar-refractivity contribution in [3.05, 3.63) is 23.9 Å². The number of aliphatic hydroxyl groups is 2. The molecule has 0 aromatic carbocycles. The van der Waals surface area contributed by atoms with E-state index in [9.17, 15) is 34.0 Å². The van der Waals surface area contributed by atoms with Crippen molar-refractivity contribution in [2.24, 2.45) is 10.8 Å². The third kappa shape index (κ3) is 8.17. The summed E-state index contributed by atoms with van der Waals surface area (Å²) in [7, 11) is -4.39. The fourth-order valence-corrected chi connectivity index (χ4v) is 6.88. The maximum Gasteiger partial charge on any atom is 0.474 e. The van der Waals surface area contributed by atoms with Crippen LogP contribution in [0.5, 0.6) is 0 Å². The molecule has 1 aliphatic rings. The molecule has 4 atom stereocenters. The molecule has 44 heavy (non-hydrogen) atoms. The zero-order valence-electron chi connectivity index (χ0n) is 25.2. The van der Waals surface area contributed by atoms with Crippen LogP contribution in [0.1, 0.15) is 47.2 Å². The van der Waals surface area contributed by atoms with Crippen molar-refractivity contribution in [2.45, 2.75) is 65.5 Å². The molecule has 0 bridgehead atoms. The number of nitrogens with two attached hydrogens (primary N) is 1. The number of phosphoric acid groups is 1. The average molecular weight is 678 g/mol. The van der Waals surface area contributed by atoms with Crippen LogP contribution in [0, 0.1) is 28.0 Å². The fraction of sp³-hybridized carbons (Fsp3) is 0.654. The standard InChI is InChI=1S/C26H37FN5O9PS2/c1-24(2,3)22(35)43-9-7-38-42(37,39-8-10-44-23(36)25(4,5)6)40-12-16-19(33)20(34)26(13-28,41-16)17-11-15(27)18-21(29)30-14-31-32(17)18/h11,14,16,19-20,33-34H,7-10,12H2,1-6H3,(H2,29,30,31)/t16-,19-,20-,26+/m1/s1. The number of anilines is 1. The topological polar surface area (TPSA) is 209 Å². The van der Waals surface area contributed by atoms with Crippen LogP contribution in [0.2, 0.25) is 0 Å². The largest absolute Gasteiger partial charge is 0.474 e. The molecule has 0 spiro atoms. The predicted octanol–water partition coefficient (Wildman–Crippen LogP) is 3.06. The Balaban J connectivity index is 1.75. The Morgan fingerprint density at radius 1 is 1.14 bits per heavy atom. The van der Waals surface area contributed by atoms with E-state index in [2.05, 4.69) is 10.1 Å². The van der Waals surface area contributed by atoms with Crippen LogP contribution in [-0.2, 0) is 38.1 Å². The molecule has 0 unspecified atom stereocenters. The molecule has 3 rings (SSSR count). The summed E-state index contributed by atoms with van der Waals surface area (Å²) >= 11 is 1.95. The lowest BCUT2D eigenvalue weighted by atomic mass is 9.92. The number of rotatable bonds is 12. The summed E-state index contributed by atoms with van der Waals surface area (Å²) in [4.78, 5) is 28.2. The van der Waals surface area contributed by atoms with Crippen LogP contribution < -0.4 is 5.73 Å². The highest BCUT2D eigenvalue weighted by molar-refractivity contribution is 8.14. The number of halogens is 1. The maximum absolute atomic E-state index is 14.7. The van der Waals surface area contributed by atoms with Gasteiger partial charge in [0.05, 0.1) is 25.5 Å². The fourth-order valence-electron chi connectivity index (χ4n) is 3.88. The lowest BCUT2D eigenvalue weighted by Gasteiger charge is -2.24. The van der Waals surface area contributed by atoms with Crippen molar-refractivity contribution in [3.63, 3.8) is 0 Å². The average Bonchev–Trinajstić information content (AvgIpc) is 3.41. The van der Waals surface area contributed by atoms with Gasteiger partial charge in [0.25, 0.3) is 0 Å². The summed E-state index contributed by atoms with van der Waals surface area (Å²) in [5, 5.41) is 35.5. The molecule has 0 radical (unpaired) electrons. The van der Waals surface area contributed by atoms with Crippen molar-refractivity contribution in [2.75, 3.05) is 37.1 Å². The molecule has 4 N–H and O–H groups in total. The van der Waals surface area contributed by atoms with Crippen molar-refractivity contribution in [3.8, 4) is 6.07 Å². The minimum atomic E-state index is -4.39. The lowest BCUT2D eigenvalue weighted by molar-refractivity contribution is -0.118. The van der Waals surface area contributed by atoms with E-state index in [0.29, 0.717) is 0 Å². The Hall–Kier alpha value is -2.13. The number of phosphoric ester groups is 1. The number of hydrogen-bond donors (Lipinski definition) is 3. The first-order valence-electron chi connectivity index (χ1n) is 13.5. The third-order valence-corrected chi connectivity index (χ3v) is 10.2. The van der Waals surface area contributed by atoms with Gasteiger partial charge in [0.2, 0.25) is 5.60 Å². The summed E-state index contributed by atoms with van der Waals surface area (Å²) in [6, 6.07) is 2.66. The Bertz CT molecular complexity index is 1420. The summed E-state index contributed by atoms with van der Waals surface area (Å²) in [6.07, 6.45) is -4.14. The van der Waals surface area contributed by atoms with Gasteiger partial charge in [-0.2, -0.15) is 10.4 Å². The number of aliphatic hydroxyl groups excluding tert-OH is 2. The highest BCUT2D eigenvalue weighted by Crippen LogP contribution is 2.51. The van der Waals surface area contributed by atoms with Gasteiger partial charge in [-0.25, -0.2) is 18.5 Å². The molecule has 1 fully saturated rings. The SMILES string of the molecule is CC(C)(C)C(=O)SCCOP(=O)(OCCSC(=O)C(C)(C)C)OC[C@H]1O[C@@](C#N)(c2cc(F)c3c(N)ncnn23)[C@H](O)[C@@H]1O. The van der Waals surface area contributed by atoms with E-state index < -0.39 is 55.0 Å². The first-order valence-corrected chi connectivity index (χ1v) is 16.9. The highest BCUT2D eigenvalue weighted by Gasteiger charge is 2.58. The van der Waals surface area contributed by atoms with Crippen molar-refractivity contribution in [1.82, 2.24) is 14.6 Å². The second-order valence-corrected chi connectivity index (χ2v) is 15.7. The Morgan fingerprint density at radius 2 is 1.68 bits per heavy atom. The molecule has 2 aromatic rings. The molecule has 14 nitrogen and oxygen atoms in total. The predicted molar refractivity (Wildman–Crippen MR) is 161 cm³/mol. The first kappa shape index (κ1) is 36.3. The Morgan fingerprint density at radius 3 is 2.18 bits per heavy atom. The lowest BCUT2D eigenvalue weighted by Crippen LogP contribution is -2.41. The van der Waals surface area contributed by atoms with Gasteiger partial charge in [-0.3, -0.25) is 23.2 Å². The van der Waals surface area contributed by atoms with Gasteiger partial charge in [-0.05, 0) is 0 Å². The van der Waals surface area contributed by atoms with Crippen LogP contribution in [-0.4, -0.2) is 84.7 Å². The number of carbonyl (C=O) groups excluding carboxylic acids is 2. The highest BCUT2D eigenvalue weighted by atomic mass is 32.2. The van der Waals surface area contributed by atoms with E-state index >= 15 is 0 Å². The Kier molecular flexibility index (Phi) is 11.6. The third-order valence-electron chi connectivity index (χ3n) is 6.29. The molecule has 3 heterocycles. The van der Waals surface area contributed by atoms with Gasteiger partial charge in [0.15, 0.2) is 21.9 Å². The molecular formula is C26H37FN5O9PS2. The maximum atomic E-state index is 14.7. The number of nitrogens with zero attached hydrogens (tertiary/aromatic N) is 4. The van der Waals surface area contributed by atoms with E-state index in [1.54, 1.807) is 47.6 Å². The van der Waals surface area contributed by atoms with Gasteiger partial charge in [-0.1, -0.05) is 65.1 Å². The molecule has 0 amide bonds. The first-order chi connectivity index (χ1) is 20.4. The Labute approximate surface area is 262 Å². The number of aromatic nitrogens is 3. The van der Waals surface area contributed by atoms with Crippen LogP contribution in [0.15, 0.2) is 12.4 Å². The van der Waals surface area contributed by atoms with Crippen molar-refractivity contribution < 1.29 is 47.1 Å². The smallest absolute Gasteiger partial charge is 0.387 e. The molecule has 2 aromatic heterocycles. The van der Waals surface area contributed by atoms with E-state index in [0.717, 1.165) is 40.4 Å². The van der Waals surface area contributed by atoms with Gasteiger partial charge < -0.3 is 20.7 Å². The molecule has 244 valence electrons. The van der Waals surface area contributed by atoms with Crippen molar-refractivity contribution in [1.29, 1.82) is 5.26 Å². The number of thioether (sulfide) groups is 2. The van der Waals surface area contributed by atoms with Crippen LogP contribution >= 0.6 is 31.3 Å². The van der Waals surface area contributed by atoms with Gasteiger partial charge in [0, 0.05) is 28.4 Å². The van der Waals surface area contributed by atoms with Gasteiger partial charge >= 0.3 is 7.82 Å². The normalized spacial score (nSPS) is 22.8. The monoisotopic (exact) mass is 677 g/mol. The zero-order chi connectivity index (χ0) is 33.1. The van der Waals surface area contributed by atoms with Gasteiger partial charge in [0.1, 0.15) is 36.2 Å². The molecular weight excluding hydrogens is 640 g/mol. The van der Waals surface area contributed by atoms with Crippen LogP contribution in [0.4, 0.5) is 10.2 Å². The second kappa shape index (κ2) is 14.1. The summed E-state index contributed by atoms with van der Waals surface area (Å²) in [6.45, 7) is 9.42. The molecule has 0 aliphatic carbocycles.